The zero-order chi connectivity index (χ0) is 34.3. The number of rotatable bonds is 20. The average molecular weight is 648 g/mol. The highest BCUT2D eigenvalue weighted by Crippen LogP contribution is 2.28. The molecular weight excluding hydrogens is 598 g/mol. The number of carbonyl (C=O) groups excluding carboxylic acids is 4. The number of hydroxylamine groups is 1. The molecule has 14 heteroatoms. The Morgan fingerprint density at radius 1 is 0.609 bits per heavy atom. The molecule has 4 amide bonds. The highest BCUT2D eigenvalue weighted by Gasteiger charge is 2.17. The lowest BCUT2D eigenvalue weighted by Gasteiger charge is -2.23. The largest absolute Gasteiger partial charge is 0.504 e. The summed E-state index contributed by atoms with van der Waals surface area (Å²) in [4.78, 5) is 51.5. The van der Waals surface area contributed by atoms with Crippen LogP contribution < -0.4 is 21.4 Å². The summed E-state index contributed by atoms with van der Waals surface area (Å²) < 4.78 is 0. The van der Waals surface area contributed by atoms with Gasteiger partial charge in [-0.15, -0.1) is 0 Å². The molecule has 0 bridgehead atoms. The Morgan fingerprint density at radius 2 is 1.09 bits per heavy atom. The first kappa shape index (κ1) is 39.5. The summed E-state index contributed by atoms with van der Waals surface area (Å²) in [6, 6.07) is 8.16. The van der Waals surface area contributed by atoms with Crippen LogP contribution in [-0.4, -0.2) is 93.4 Å². The van der Waals surface area contributed by atoms with Crippen LogP contribution in [-0.2, 0) is 9.59 Å². The predicted molar refractivity (Wildman–Crippen MR) is 172 cm³/mol. The number of unbranched alkanes of at least 4 members (excludes halogenated alkanes) is 3. The van der Waals surface area contributed by atoms with Crippen molar-refractivity contribution in [3.05, 3.63) is 47.5 Å². The van der Waals surface area contributed by atoms with Crippen LogP contribution in [0.2, 0.25) is 0 Å². The van der Waals surface area contributed by atoms with Gasteiger partial charge in [0.25, 0.3) is 11.8 Å². The van der Waals surface area contributed by atoms with E-state index in [1.807, 2.05) is 13.8 Å². The van der Waals surface area contributed by atoms with Gasteiger partial charge in [0.05, 0.1) is 11.1 Å². The lowest BCUT2D eigenvalue weighted by molar-refractivity contribution is -0.133. The van der Waals surface area contributed by atoms with Crippen molar-refractivity contribution in [2.45, 2.75) is 65.2 Å². The van der Waals surface area contributed by atoms with Gasteiger partial charge in [0.15, 0.2) is 23.0 Å². The van der Waals surface area contributed by atoms with Crippen LogP contribution in [0.25, 0.3) is 0 Å². The van der Waals surface area contributed by atoms with Crippen LogP contribution in [0.4, 0.5) is 0 Å². The van der Waals surface area contributed by atoms with E-state index in [1.165, 1.54) is 36.4 Å². The maximum Gasteiger partial charge on any atom is 0.255 e. The lowest BCUT2D eigenvalue weighted by Crippen LogP contribution is -2.36. The number of para-hydroxylation sites is 2. The van der Waals surface area contributed by atoms with Gasteiger partial charge in [0.1, 0.15) is 0 Å². The molecule has 9 N–H and O–H groups in total. The number of amides is 4. The van der Waals surface area contributed by atoms with Crippen LogP contribution >= 0.6 is 0 Å². The van der Waals surface area contributed by atoms with Crippen LogP contribution in [0.15, 0.2) is 36.4 Å². The van der Waals surface area contributed by atoms with E-state index in [0.717, 1.165) is 19.3 Å². The minimum Gasteiger partial charge on any atom is -0.504 e. The molecule has 2 aromatic rings. The molecule has 0 aliphatic rings. The normalized spacial score (nSPS) is 10.3. The van der Waals surface area contributed by atoms with Crippen molar-refractivity contribution in [1.82, 2.24) is 26.3 Å². The molecule has 0 heterocycles. The number of nitrogens with one attached hydrogen (secondary N) is 4. The van der Waals surface area contributed by atoms with Gasteiger partial charge in [-0.1, -0.05) is 32.4 Å². The third kappa shape index (κ3) is 14.5. The molecule has 0 aliphatic heterocycles. The maximum atomic E-state index is 13.0. The van der Waals surface area contributed by atoms with Gasteiger partial charge in [0.2, 0.25) is 11.8 Å². The van der Waals surface area contributed by atoms with E-state index < -0.39 is 34.8 Å². The molecule has 0 atom stereocenters. The van der Waals surface area contributed by atoms with Crippen molar-refractivity contribution < 1.29 is 44.8 Å². The van der Waals surface area contributed by atoms with Gasteiger partial charge in [-0.05, 0) is 56.4 Å². The summed E-state index contributed by atoms with van der Waals surface area (Å²) in [5.74, 6) is -3.43. The number of phenolic OH excluding ortho intramolecular Hbond substituents is 4. The zero-order valence-electron chi connectivity index (χ0n) is 26.7. The van der Waals surface area contributed by atoms with Crippen LogP contribution in [0, 0.1) is 0 Å². The quantitative estimate of drug-likeness (QED) is 0.0581. The fraction of sp³-hybridized carbons (Fsp3) is 0.500. The number of benzene rings is 2. The molecule has 0 aliphatic carbocycles. The second-order valence-corrected chi connectivity index (χ2v) is 10.1. The van der Waals surface area contributed by atoms with E-state index in [4.69, 9.17) is 5.21 Å². The predicted octanol–water partition coefficient (Wildman–Crippen LogP) is 2.74. The Balaban J connectivity index is 0.00000518. The molecule has 0 aromatic heterocycles. The first-order valence-corrected chi connectivity index (χ1v) is 15.6. The molecule has 0 saturated carbocycles. The second kappa shape index (κ2) is 22.9. The molecule has 256 valence electrons. The summed E-state index contributed by atoms with van der Waals surface area (Å²) in [7, 11) is 0. The molecule has 0 spiro atoms. The number of aromatic hydroxyl groups is 4. The fourth-order valence-corrected chi connectivity index (χ4v) is 4.28. The maximum absolute atomic E-state index is 13.0. The minimum atomic E-state index is -0.575. The Hall–Kier alpha value is -4.56. The fourth-order valence-electron chi connectivity index (χ4n) is 4.28. The summed E-state index contributed by atoms with van der Waals surface area (Å²) in [5, 5.41) is 55.6. The second-order valence-electron chi connectivity index (χ2n) is 10.1. The third-order valence-electron chi connectivity index (χ3n) is 6.76. The minimum absolute atomic E-state index is 0.00268. The van der Waals surface area contributed by atoms with Gasteiger partial charge < -0.3 is 46.5 Å². The first-order chi connectivity index (χ1) is 22.1. The first-order valence-electron chi connectivity index (χ1n) is 15.6. The van der Waals surface area contributed by atoms with Gasteiger partial charge in [0, 0.05) is 52.1 Å². The summed E-state index contributed by atoms with van der Waals surface area (Å²) in [5.41, 5.74) is 1.95. The van der Waals surface area contributed by atoms with E-state index >= 15 is 0 Å². The van der Waals surface area contributed by atoms with Crippen molar-refractivity contribution in [2.24, 2.45) is 0 Å². The van der Waals surface area contributed by atoms with Crippen molar-refractivity contribution in [1.29, 1.82) is 0 Å². The topological polar surface area (TPSA) is 221 Å². The number of hydrogen-bond donors (Lipinski definition) is 9. The van der Waals surface area contributed by atoms with E-state index in [-0.39, 0.29) is 55.4 Å². The van der Waals surface area contributed by atoms with Crippen LogP contribution in [0.3, 0.4) is 0 Å². The molecule has 2 rings (SSSR count). The molecule has 0 unspecified atom stereocenters. The van der Waals surface area contributed by atoms with Crippen molar-refractivity contribution in [2.75, 3.05) is 39.3 Å². The Bertz CT molecular complexity index is 1240. The summed E-state index contributed by atoms with van der Waals surface area (Å²) in [6.07, 6.45) is 3.79. The monoisotopic (exact) mass is 647 g/mol. The van der Waals surface area contributed by atoms with Gasteiger partial charge in [-0.25, -0.2) is 5.48 Å². The van der Waals surface area contributed by atoms with Gasteiger partial charge >= 0.3 is 0 Å². The third-order valence-corrected chi connectivity index (χ3v) is 6.76. The van der Waals surface area contributed by atoms with Crippen molar-refractivity contribution in [3.63, 3.8) is 0 Å². The standard InChI is InChI=1S/C30H43N5O9.C2H6/c36-23-11-6-9-21(27(23)40)29(42)32-16-4-5-19-35(26(39)14-13-25(38)31-15-2-1-3-18-34-44)20-8-17-33-30(43)22-10-7-12-24(37)28(22)41;1-2/h6-7,9-12,34,36-37,40-41,44H,1-5,8,13-20H2,(H,31,38)(H,32,42)(H,33,43);1-2H3. The van der Waals surface area contributed by atoms with Crippen molar-refractivity contribution in [3.8, 4) is 23.0 Å². The Kier molecular flexibility index (Phi) is 19.6. The number of nitrogens with zero attached hydrogens (tertiary/aromatic N) is 1. The Labute approximate surface area is 269 Å². The average Bonchev–Trinajstić information content (AvgIpc) is 3.05. The smallest absolute Gasteiger partial charge is 0.255 e. The number of phenols is 4. The van der Waals surface area contributed by atoms with E-state index in [2.05, 4.69) is 21.4 Å². The van der Waals surface area contributed by atoms with Crippen molar-refractivity contribution >= 4 is 23.6 Å². The molecular formula is C32H49N5O9. The lowest BCUT2D eigenvalue weighted by atomic mass is 10.1. The van der Waals surface area contributed by atoms with E-state index in [9.17, 15) is 39.6 Å². The SMILES string of the molecule is CC.O=C(CCC(=O)N(CCCCNC(=O)c1cccc(O)c1O)CCCNC(=O)c1cccc(O)c1O)NCCCCCNO. The molecule has 0 saturated heterocycles. The number of carbonyl (C=O) groups is 4. The highest BCUT2D eigenvalue weighted by atomic mass is 16.5. The summed E-state index contributed by atoms with van der Waals surface area (Å²) >= 11 is 0. The Morgan fingerprint density at radius 3 is 1.65 bits per heavy atom. The molecule has 0 fully saturated rings. The molecule has 2 aromatic carbocycles. The summed E-state index contributed by atoms with van der Waals surface area (Å²) in [6.45, 7) is 6.03. The van der Waals surface area contributed by atoms with Crippen LogP contribution in [0.5, 0.6) is 23.0 Å². The van der Waals surface area contributed by atoms with E-state index in [1.54, 1.807) is 4.90 Å². The van der Waals surface area contributed by atoms with Crippen LogP contribution in [0.1, 0.15) is 85.9 Å². The molecule has 0 radical (unpaired) electrons. The molecule has 46 heavy (non-hydrogen) atoms. The van der Waals surface area contributed by atoms with Gasteiger partial charge in [-0.3, -0.25) is 19.2 Å². The van der Waals surface area contributed by atoms with E-state index in [0.29, 0.717) is 38.9 Å². The zero-order valence-corrected chi connectivity index (χ0v) is 26.7. The highest BCUT2D eigenvalue weighted by molar-refractivity contribution is 5.98. The van der Waals surface area contributed by atoms with Gasteiger partial charge in [-0.2, -0.15) is 0 Å². The number of hydrogen-bond acceptors (Lipinski definition) is 10. The molecule has 14 nitrogen and oxygen atoms in total.